The molecule has 1 aromatic carbocycles. The molecule has 0 bridgehead atoms. The molecule has 2 heteroatoms. The number of hydrogen-bond acceptors (Lipinski definition) is 2. The van der Waals surface area contributed by atoms with E-state index in [0.717, 1.165) is 12.8 Å². The Morgan fingerprint density at radius 3 is 2.86 bits per heavy atom. The quantitative estimate of drug-likeness (QED) is 0.812. The first-order valence-corrected chi connectivity index (χ1v) is 5.87. The van der Waals surface area contributed by atoms with Crippen molar-refractivity contribution < 1.29 is 0 Å². The topological polar surface area (TPSA) is 26.0 Å². The van der Waals surface area contributed by atoms with Crippen LogP contribution in [0.5, 0.6) is 0 Å². The highest BCUT2D eigenvalue weighted by molar-refractivity contribution is 7.19. The van der Waals surface area contributed by atoms with Crippen LogP contribution in [0.3, 0.4) is 0 Å². The van der Waals surface area contributed by atoms with Crippen LogP contribution in [-0.4, -0.2) is 0 Å². The van der Waals surface area contributed by atoms with Crippen LogP contribution in [0, 0.1) is 0 Å². The molecular weight excluding hydrogens is 190 g/mol. The van der Waals surface area contributed by atoms with E-state index in [4.69, 9.17) is 5.73 Å². The standard InChI is InChI=1S/C12H15NS/c1-2-5-10(13)12-8-9-6-3-4-7-11(9)14-12/h3-4,6-8,10H,2,5,13H2,1H3. The molecule has 1 unspecified atom stereocenters. The summed E-state index contributed by atoms with van der Waals surface area (Å²) >= 11 is 1.82. The number of nitrogens with two attached hydrogens (primary N) is 1. The van der Waals surface area contributed by atoms with Crippen LogP contribution in [0.1, 0.15) is 30.7 Å². The van der Waals surface area contributed by atoms with Gasteiger partial charge in [-0.25, -0.2) is 0 Å². The van der Waals surface area contributed by atoms with Gasteiger partial charge in [-0.3, -0.25) is 0 Å². The maximum absolute atomic E-state index is 6.08. The van der Waals surface area contributed by atoms with E-state index in [0.29, 0.717) is 0 Å². The molecule has 2 N–H and O–H groups in total. The summed E-state index contributed by atoms with van der Waals surface area (Å²) in [6, 6.07) is 10.9. The summed E-state index contributed by atoms with van der Waals surface area (Å²) in [4.78, 5) is 1.31. The van der Waals surface area contributed by atoms with Crippen molar-refractivity contribution in [3.05, 3.63) is 35.2 Å². The van der Waals surface area contributed by atoms with E-state index in [2.05, 4.69) is 37.3 Å². The first-order valence-electron chi connectivity index (χ1n) is 5.05. The van der Waals surface area contributed by atoms with Crippen molar-refractivity contribution in [3.8, 4) is 0 Å². The zero-order chi connectivity index (χ0) is 9.97. The second kappa shape index (κ2) is 4.11. The fourth-order valence-corrected chi connectivity index (χ4v) is 2.74. The molecule has 0 aliphatic carbocycles. The average Bonchev–Trinajstić information content (AvgIpc) is 2.61. The van der Waals surface area contributed by atoms with Gasteiger partial charge in [0.25, 0.3) is 0 Å². The van der Waals surface area contributed by atoms with Crippen LogP contribution in [0.15, 0.2) is 30.3 Å². The van der Waals surface area contributed by atoms with E-state index in [9.17, 15) is 0 Å². The summed E-state index contributed by atoms with van der Waals surface area (Å²) in [5.41, 5.74) is 6.08. The molecule has 0 radical (unpaired) electrons. The molecule has 1 heterocycles. The van der Waals surface area contributed by atoms with Crippen molar-refractivity contribution in [2.75, 3.05) is 0 Å². The number of fused-ring (bicyclic) bond motifs is 1. The van der Waals surface area contributed by atoms with Crippen LogP contribution >= 0.6 is 11.3 Å². The third-order valence-electron chi connectivity index (χ3n) is 2.41. The summed E-state index contributed by atoms with van der Waals surface area (Å²) in [6.45, 7) is 2.17. The molecule has 74 valence electrons. The lowest BCUT2D eigenvalue weighted by Gasteiger charge is -2.05. The van der Waals surface area contributed by atoms with Gasteiger partial charge in [0, 0.05) is 15.6 Å². The molecule has 2 aromatic rings. The van der Waals surface area contributed by atoms with Gasteiger partial charge in [-0.05, 0) is 23.9 Å². The molecule has 0 aliphatic rings. The van der Waals surface area contributed by atoms with Crippen LogP contribution in [0.25, 0.3) is 10.1 Å². The van der Waals surface area contributed by atoms with Crippen LogP contribution in [-0.2, 0) is 0 Å². The Labute approximate surface area is 88.6 Å². The maximum atomic E-state index is 6.08. The van der Waals surface area contributed by atoms with Crippen LogP contribution in [0.4, 0.5) is 0 Å². The minimum absolute atomic E-state index is 0.220. The zero-order valence-corrected chi connectivity index (χ0v) is 9.18. The van der Waals surface area contributed by atoms with Gasteiger partial charge in [0.1, 0.15) is 0 Å². The van der Waals surface area contributed by atoms with Gasteiger partial charge in [0.15, 0.2) is 0 Å². The van der Waals surface area contributed by atoms with Gasteiger partial charge in [-0.2, -0.15) is 0 Å². The lowest BCUT2D eigenvalue weighted by atomic mass is 10.1. The predicted molar refractivity (Wildman–Crippen MR) is 63.7 cm³/mol. The Hall–Kier alpha value is -0.860. The maximum Gasteiger partial charge on any atom is 0.0390 e. The fraction of sp³-hybridized carbons (Fsp3) is 0.333. The molecule has 1 nitrogen and oxygen atoms in total. The molecule has 0 saturated heterocycles. The predicted octanol–water partition coefficient (Wildman–Crippen LogP) is 3.70. The number of rotatable bonds is 3. The van der Waals surface area contributed by atoms with Crippen molar-refractivity contribution in [1.29, 1.82) is 0 Å². The monoisotopic (exact) mass is 205 g/mol. The zero-order valence-electron chi connectivity index (χ0n) is 8.36. The van der Waals surface area contributed by atoms with Gasteiger partial charge in [-0.15, -0.1) is 11.3 Å². The highest BCUT2D eigenvalue weighted by atomic mass is 32.1. The Balaban J connectivity index is 2.35. The second-order valence-corrected chi connectivity index (χ2v) is 4.70. The van der Waals surface area contributed by atoms with Gasteiger partial charge in [0.05, 0.1) is 0 Å². The molecule has 0 aliphatic heterocycles. The first kappa shape index (κ1) is 9.69. The highest BCUT2D eigenvalue weighted by Crippen LogP contribution is 2.30. The first-order chi connectivity index (χ1) is 6.81. The minimum Gasteiger partial charge on any atom is -0.323 e. The summed E-state index contributed by atoms with van der Waals surface area (Å²) in [6.07, 6.45) is 2.22. The summed E-state index contributed by atoms with van der Waals surface area (Å²) in [5, 5.41) is 1.32. The smallest absolute Gasteiger partial charge is 0.0390 e. The molecule has 1 aromatic heterocycles. The highest BCUT2D eigenvalue weighted by Gasteiger charge is 2.08. The normalized spacial score (nSPS) is 13.3. The van der Waals surface area contributed by atoms with Crippen LogP contribution < -0.4 is 5.73 Å². The lowest BCUT2D eigenvalue weighted by Crippen LogP contribution is -2.07. The lowest BCUT2D eigenvalue weighted by molar-refractivity contribution is 0.649. The molecule has 14 heavy (non-hydrogen) atoms. The van der Waals surface area contributed by atoms with Crippen molar-refractivity contribution in [2.45, 2.75) is 25.8 Å². The van der Waals surface area contributed by atoms with Crippen molar-refractivity contribution >= 4 is 21.4 Å². The summed E-state index contributed by atoms with van der Waals surface area (Å²) in [5.74, 6) is 0. The molecular formula is C12H15NS. The van der Waals surface area contributed by atoms with Crippen molar-refractivity contribution in [2.24, 2.45) is 5.73 Å². The van der Waals surface area contributed by atoms with E-state index < -0.39 is 0 Å². The molecule has 0 saturated carbocycles. The Morgan fingerprint density at radius 1 is 1.36 bits per heavy atom. The Bertz CT molecular complexity index is 386. The molecule has 0 fully saturated rings. The van der Waals surface area contributed by atoms with E-state index in [1.54, 1.807) is 0 Å². The summed E-state index contributed by atoms with van der Waals surface area (Å²) < 4.78 is 1.34. The number of thiophene rings is 1. The van der Waals surface area contributed by atoms with Crippen LogP contribution in [0.2, 0.25) is 0 Å². The largest absolute Gasteiger partial charge is 0.323 e. The van der Waals surface area contributed by atoms with Gasteiger partial charge in [0.2, 0.25) is 0 Å². The molecule has 1 atom stereocenters. The van der Waals surface area contributed by atoms with E-state index in [1.165, 1.54) is 15.0 Å². The molecule has 0 amide bonds. The average molecular weight is 205 g/mol. The van der Waals surface area contributed by atoms with Crippen molar-refractivity contribution in [3.63, 3.8) is 0 Å². The van der Waals surface area contributed by atoms with Gasteiger partial charge >= 0.3 is 0 Å². The van der Waals surface area contributed by atoms with Crippen molar-refractivity contribution in [1.82, 2.24) is 0 Å². The van der Waals surface area contributed by atoms with E-state index in [1.807, 2.05) is 11.3 Å². The summed E-state index contributed by atoms with van der Waals surface area (Å²) in [7, 11) is 0. The van der Waals surface area contributed by atoms with Gasteiger partial charge < -0.3 is 5.73 Å². The second-order valence-electron chi connectivity index (χ2n) is 3.58. The third kappa shape index (κ3) is 1.81. The van der Waals surface area contributed by atoms with E-state index in [-0.39, 0.29) is 6.04 Å². The SMILES string of the molecule is CCCC(N)c1cc2ccccc2s1. The Morgan fingerprint density at radius 2 is 2.14 bits per heavy atom. The minimum atomic E-state index is 0.220. The number of hydrogen-bond donors (Lipinski definition) is 1. The van der Waals surface area contributed by atoms with E-state index >= 15 is 0 Å². The Kier molecular flexibility index (Phi) is 2.85. The van der Waals surface area contributed by atoms with Gasteiger partial charge in [-0.1, -0.05) is 31.5 Å². The molecule has 2 rings (SSSR count). The molecule has 0 spiro atoms. The fourth-order valence-electron chi connectivity index (χ4n) is 1.64. The third-order valence-corrected chi connectivity index (χ3v) is 3.66. The number of benzene rings is 1.